The molecular formula is C23H31N3OS. The van der Waals surface area contributed by atoms with Gasteiger partial charge >= 0.3 is 0 Å². The Kier molecular flexibility index (Phi) is 4.89. The molecule has 0 aromatic heterocycles. The molecule has 28 heavy (non-hydrogen) atoms. The first-order chi connectivity index (χ1) is 13.3. The SMILES string of the molecule is Cc1cccc2c1Sc1c(ccc3c1C(CCO)C(C)(C)CN3C)N2N(C)C. The number of aryl methyl sites for hydroxylation is 1. The first kappa shape index (κ1) is 19.6. The van der Waals surface area contributed by atoms with Gasteiger partial charge in [0.25, 0.3) is 0 Å². The highest BCUT2D eigenvalue weighted by atomic mass is 32.2. The standard InChI is InChI=1S/C23H31N3OS/c1-15-8-7-9-18-21(15)28-22-19(26(18)24(4)5)11-10-17-20(22)16(12-13-27)23(2,3)14-25(17)6/h7-11,16,27H,12-14H2,1-6H3. The van der Waals surface area contributed by atoms with Crippen molar-refractivity contribution in [3.63, 3.8) is 0 Å². The highest BCUT2D eigenvalue weighted by Gasteiger charge is 2.41. The third-order valence-electron chi connectivity index (χ3n) is 6.17. The monoisotopic (exact) mass is 397 g/mol. The molecular weight excluding hydrogens is 366 g/mol. The van der Waals surface area contributed by atoms with Gasteiger partial charge in [-0.2, -0.15) is 0 Å². The van der Waals surface area contributed by atoms with Crippen molar-refractivity contribution in [2.45, 2.75) is 42.9 Å². The fourth-order valence-corrected chi connectivity index (χ4v) is 6.29. The predicted molar refractivity (Wildman–Crippen MR) is 119 cm³/mol. The highest BCUT2D eigenvalue weighted by molar-refractivity contribution is 7.99. The summed E-state index contributed by atoms with van der Waals surface area (Å²) >= 11 is 1.90. The molecule has 1 N–H and O–H groups in total. The van der Waals surface area contributed by atoms with E-state index in [-0.39, 0.29) is 12.0 Å². The Morgan fingerprint density at radius 2 is 1.79 bits per heavy atom. The topological polar surface area (TPSA) is 30.0 Å². The van der Waals surface area contributed by atoms with Gasteiger partial charge in [-0.1, -0.05) is 37.7 Å². The van der Waals surface area contributed by atoms with Gasteiger partial charge in [-0.3, -0.25) is 5.01 Å². The number of hydrazine groups is 1. The second-order valence-corrected chi connectivity index (χ2v) is 9.96. The Balaban J connectivity index is 1.99. The van der Waals surface area contributed by atoms with Crippen LogP contribution in [0.1, 0.15) is 37.3 Å². The van der Waals surface area contributed by atoms with Crippen molar-refractivity contribution in [2.75, 3.05) is 44.2 Å². The minimum absolute atomic E-state index is 0.106. The van der Waals surface area contributed by atoms with E-state index in [4.69, 9.17) is 0 Å². The Hall–Kier alpha value is -1.69. The smallest absolute Gasteiger partial charge is 0.0724 e. The Bertz CT molecular complexity index is 909. The largest absolute Gasteiger partial charge is 0.396 e. The van der Waals surface area contributed by atoms with Crippen molar-refractivity contribution in [2.24, 2.45) is 5.41 Å². The molecule has 0 spiro atoms. The van der Waals surface area contributed by atoms with Crippen LogP contribution < -0.4 is 9.91 Å². The maximum absolute atomic E-state index is 9.85. The third kappa shape index (κ3) is 2.92. The average molecular weight is 398 g/mol. The van der Waals surface area contributed by atoms with Crippen molar-refractivity contribution < 1.29 is 5.11 Å². The molecule has 2 heterocycles. The zero-order valence-electron chi connectivity index (χ0n) is 17.8. The number of aliphatic hydroxyl groups excluding tert-OH is 1. The number of hydrogen-bond donors (Lipinski definition) is 1. The minimum Gasteiger partial charge on any atom is -0.396 e. The van der Waals surface area contributed by atoms with E-state index in [1.165, 1.54) is 38.0 Å². The van der Waals surface area contributed by atoms with Crippen molar-refractivity contribution in [1.29, 1.82) is 0 Å². The van der Waals surface area contributed by atoms with E-state index in [1.54, 1.807) is 0 Å². The van der Waals surface area contributed by atoms with E-state index >= 15 is 0 Å². The zero-order valence-corrected chi connectivity index (χ0v) is 18.6. The minimum atomic E-state index is 0.106. The van der Waals surface area contributed by atoms with Gasteiger partial charge in [0, 0.05) is 49.8 Å². The molecule has 4 nitrogen and oxygen atoms in total. The van der Waals surface area contributed by atoms with Gasteiger partial charge in [0.2, 0.25) is 0 Å². The number of hydrogen-bond acceptors (Lipinski definition) is 5. The van der Waals surface area contributed by atoms with Gasteiger partial charge in [0.05, 0.1) is 11.4 Å². The fourth-order valence-electron chi connectivity index (χ4n) is 4.98. The van der Waals surface area contributed by atoms with E-state index in [0.717, 1.165) is 13.0 Å². The number of nitrogens with zero attached hydrogens (tertiary/aromatic N) is 3. The van der Waals surface area contributed by atoms with E-state index in [9.17, 15) is 5.11 Å². The molecule has 0 radical (unpaired) electrons. The molecule has 5 heteroatoms. The molecule has 1 unspecified atom stereocenters. The van der Waals surface area contributed by atoms with E-state index in [2.05, 4.69) is 87.2 Å². The van der Waals surface area contributed by atoms with Crippen LogP contribution in [-0.4, -0.2) is 44.4 Å². The summed E-state index contributed by atoms with van der Waals surface area (Å²) < 4.78 is 0. The van der Waals surface area contributed by atoms with Crippen LogP contribution in [0.4, 0.5) is 17.1 Å². The Morgan fingerprint density at radius 3 is 2.46 bits per heavy atom. The van der Waals surface area contributed by atoms with Gasteiger partial charge in [-0.05, 0) is 54.0 Å². The van der Waals surface area contributed by atoms with Gasteiger partial charge < -0.3 is 10.0 Å². The molecule has 2 aliphatic heterocycles. The summed E-state index contributed by atoms with van der Waals surface area (Å²) in [6.07, 6.45) is 0.799. The van der Waals surface area contributed by atoms with Crippen LogP contribution in [0.3, 0.4) is 0 Å². The molecule has 2 aromatic carbocycles. The number of aliphatic hydroxyl groups is 1. The zero-order chi connectivity index (χ0) is 20.2. The molecule has 0 saturated heterocycles. The van der Waals surface area contributed by atoms with Crippen LogP contribution in [-0.2, 0) is 0 Å². The van der Waals surface area contributed by atoms with E-state index in [0.29, 0.717) is 5.92 Å². The molecule has 150 valence electrons. The average Bonchev–Trinajstić information content (AvgIpc) is 2.62. The molecule has 0 aliphatic carbocycles. The third-order valence-corrected chi connectivity index (χ3v) is 7.54. The second-order valence-electron chi connectivity index (χ2n) is 8.94. The second kappa shape index (κ2) is 6.97. The number of fused-ring (bicyclic) bond motifs is 4. The highest BCUT2D eigenvalue weighted by Crippen LogP contribution is 2.58. The van der Waals surface area contributed by atoms with Crippen LogP contribution in [0.15, 0.2) is 40.1 Å². The van der Waals surface area contributed by atoms with Crippen molar-refractivity contribution in [3.8, 4) is 0 Å². The van der Waals surface area contributed by atoms with Gasteiger partial charge in [0.15, 0.2) is 0 Å². The van der Waals surface area contributed by atoms with E-state index < -0.39 is 0 Å². The molecule has 0 bridgehead atoms. The lowest BCUT2D eigenvalue weighted by atomic mass is 9.69. The summed E-state index contributed by atoms with van der Waals surface area (Å²) in [5.74, 6) is 0.334. The Morgan fingerprint density at radius 1 is 1.11 bits per heavy atom. The predicted octanol–water partition coefficient (Wildman–Crippen LogP) is 5.02. The first-order valence-corrected chi connectivity index (χ1v) is 10.8. The maximum atomic E-state index is 9.85. The lowest BCUT2D eigenvalue weighted by molar-refractivity contribution is 0.205. The molecule has 0 amide bonds. The molecule has 2 aromatic rings. The van der Waals surface area contributed by atoms with Crippen molar-refractivity contribution >= 4 is 28.8 Å². The Labute approximate surface area is 173 Å². The van der Waals surface area contributed by atoms with Gasteiger partial charge in [0.1, 0.15) is 0 Å². The summed E-state index contributed by atoms with van der Waals surface area (Å²) in [7, 11) is 6.40. The first-order valence-electron chi connectivity index (χ1n) is 10.00. The van der Waals surface area contributed by atoms with Gasteiger partial charge in [-0.15, -0.1) is 0 Å². The number of rotatable bonds is 3. The molecule has 0 fully saturated rings. The maximum Gasteiger partial charge on any atom is 0.0724 e. The quantitative estimate of drug-likeness (QED) is 0.786. The normalized spacial score (nSPS) is 20.1. The van der Waals surface area contributed by atoms with Crippen molar-refractivity contribution in [1.82, 2.24) is 5.01 Å². The van der Waals surface area contributed by atoms with Crippen LogP contribution >= 0.6 is 11.8 Å². The molecule has 4 rings (SSSR count). The number of benzene rings is 2. The van der Waals surface area contributed by atoms with E-state index in [1.807, 2.05) is 11.8 Å². The van der Waals surface area contributed by atoms with Crippen molar-refractivity contribution in [3.05, 3.63) is 41.5 Å². The summed E-state index contributed by atoms with van der Waals surface area (Å²) in [6.45, 7) is 8.09. The molecule has 0 saturated carbocycles. The van der Waals surface area contributed by atoms with Crippen LogP contribution in [0.5, 0.6) is 0 Å². The van der Waals surface area contributed by atoms with Crippen LogP contribution in [0, 0.1) is 12.3 Å². The molecule has 1 atom stereocenters. The van der Waals surface area contributed by atoms with Crippen LogP contribution in [0.2, 0.25) is 0 Å². The summed E-state index contributed by atoms with van der Waals surface area (Å²) in [5.41, 5.74) is 6.59. The summed E-state index contributed by atoms with van der Waals surface area (Å²) in [6, 6.07) is 11.1. The fraction of sp³-hybridized carbons (Fsp3) is 0.478. The summed E-state index contributed by atoms with van der Waals surface area (Å²) in [5, 5.41) is 14.3. The lowest BCUT2D eigenvalue weighted by Gasteiger charge is -2.48. The lowest BCUT2D eigenvalue weighted by Crippen LogP contribution is -2.42. The van der Waals surface area contributed by atoms with Gasteiger partial charge in [-0.25, -0.2) is 5.01 Å². The molecule has 2 aliphatic rings. The summed E-state index contributed by atoms with van der Waals surface area (Å²) in [4.78, 5) is 5.05. The number of anilines is 3. The van der Waals surface area contributed by atoms with Crippen LogP contribution in [0.25, 0.3) is 0 Å².